The molecule has 1 aromatic rings. The van der Waals surface area contributed by atoms with Crippen LogP contribution in [0, 0.1) is 18.7 Å². The molecule has 0 amide bonds. The third-order valence-electron chi connectivity index (χ3n) is 4.82. The summed E-state index contributed by atoms with van der Waals surface area (Å²) >= 11 is 0. The van der Waals surface area contributed by atoms with E-state index < -0.39 is 10.0 Å². The van der Waals surface area contributed by atoms with E-state index in [1.165, 1.54) is 12.3 Å². The number of benzene rings is 1. The lowest BCUT2D eigenvalue weighted by Crippen LogP contribution is -2.44. The molecule has 154 valence electrons. The molecule has 0 saturated carbocycles. The minimum Gasteiger partial charge on any atom is -0.356 e. The van der Waals surface area contributed by atoms with E-state index in [2.05, 4.69) is 15.6 Å². The maximum atomic E-state index is 13.1. The SMILES string of the molecule is CN=C(NCCc1ccc(F)cc1C)NCC1CCN(S(C)(=O)=O)CC1.I. The smallest absolute Gasteiger partial charge is 0.211 e. The van der Waals surface area contributed by atoms with Gasteiger partial charge in [-0.05, 0) is 55.4 Å². The van der Waals surface area contributed by atoms with Gasteiger partial charge in [-0.1, -0.05) is 6.07 Å². The molecule has 0 aromatic heterocycles. The van der Waals surface area contributed by atoms with Crippen LogP contribution in [0.1, 0.15) is 24.0 Å². The average Bonchev–Trinajstić information content (AvgIpc) is 2.59. The van der Waals surface area contributed by atoms with Crippen LogP contribution in [-0.4, -0.2) is 58.2 Å². The molecule has 1 saturated heterocycles. The zero-order valence-corrected chi connectivity index (χ0v) is 19.3. The number of halogens is 2. The second-order valence-electron chi connectivity index (χ2n) is 6.81. The normalized spacial score (nSPS) is 16.7. The van der Waals surface area contributed by atoms with Crippen molar-refractivity contribution in [2.75, 3.05) is 39.5 Å². The summed E-state index contributed by atoms with van der Waals surface area (Å²) in [6, 6.07) is 4.85. The zero-order valence-electron chi connectivity index (χ0n) is 16.2. The average molecular weight is 512 g/mol. The highest BCUT2D eigenvalue weighted by molar-refractivity contribution is 14.0. The van der Waals surface area contributed by atoms with Gasteiger partial charge < -0.3 is 10.6 Å². The monoisotopic (exact) mass is 512 g/mol. The molecule has 0 bridgehead atoms. The molecule has 2 rings (SSSR count). The lowest BCUT2D eigenvalue weighted by molar-refractivity contribution is 0.275. The number of piperidine rings is 1. The number of sulfonamides is 1. The topological polar surface area (TPSA) is 73.8 Å². The van der Waals surface area contributed by atoms with Crippen molar-refractivity contribution in [1.82, 2.24) is 14.9 Å². The predicted octanol–water partition coefficient (Wildman–Crippen LogP) is 2.13. The number of guanidine groups is 1. The van der Waals surface area contributed by atoms with Crippen LogP contribution in [0.25, 0.3) is 0 Å². The summed E-state index contributed by atoms with van der Waals surface area (Å²) in [4.78, 5) is 4.22. The van der Waals surface area contributed by atoms with E-state index in [1.807, 2.05) is 13.0 Å². The Bertz CT molecular complexity index is 735. The first-order valence-corrected chi connectivity index (χ1v) is 10.8. The molecule has 9 heteroatoms. The molecule has 0 unspecified atom stereocenters. The Morgan fingerprint density at radius 1 is 1.30 bits per heavy atom. The highest BCUT2D eigenvalue weighted by Crippen LogP contribution is 2.18. The molecule has 1 aromatic carbocycles. The minimum atomic E-state index is -3.08. The van der Waals surface area contributed by atoms with Crippen LogP contribution >= 0.6 is 24.0 Å². The summed E-state index contributed by atoms with van der Waals surface area (Å²) in [5.74, 6) is 0.958. The van der Waals surface area contributed by atoms with E-state index in [9.17, 15) is 12.8 Å². The first kappa shape index (κ1) is 24.1. The summed E-state index contributed by atoms with van der Waals surface area (Å²) in [6.07, 6.45) is 3.76. The number of nitrogens with one attached hydrogen (secondary N) is 2. The molecular weight excluding hydrogens is 482 g/mol. The van der Waals surface area contributed by atoms with E-state index in [0.29, 0.717) is 25.6 Å². The fraction of sp³-hybridized carbons (Fsp3) is 0.611. The number of nitrogens with zero attached hydrogens (tertiary/aromatic N) is 2. The standard InChI is InChI=1S/C18H29FN4O2S.HI/c1-14-12-17(19)5-4-16(14)6-9-21-18(20-2)22-13-15-7-10-23(11-8-15)26(3,24)25;/h4-5,12,15H,6-11,13H2,1-3H3,(H2,20,21,22);1H. The Kier molecular flexibility index (Phi) is 9.96. The number of rotatable bonds is 6. The molecule has 0 aliphatic carbocycles. The van der Waals surface area contributed by atoms with E-state index in [-0.39, 0.29) is 29.8 Å². The van der Waals surface area contributed by atoms with Gasteiger partial charge in [0.25, 0.3) is 0 Å². The Morgan fingerprint density at radius 3 is 2.52 bits per heavy atom. The second kappa shape index (κ2) is 11.2. The minimum absolute atomic E-state index is 0. The highest BCUT2D eigenvalue weighted by Gasteiger charge is 2.24. The Labute approximate surface area is 179 Å². The molecule has 27 heavy (non-hydrogen) atoms. The fourth-order valence-electron chi connectivity index (χ4n) is 3.16. The van der Waals surface area contributed by atoms with E-state index in [4.69, 9.17) is 0 Å². The molecule has 1 heterocycles. The molecule has 0 radical (unpaired) electrons. The fourth-order valence-corrected chi connectivity index (χ4v) is 4.04. The molecule has 0 atom stereocenters. The Hall–Kier alpha value is -0.940. The van der Waals surface area contributed by atoms with Crippen molar-refractivity contribution in [3.8, 4) is 0 Å². The van der Waals surface area contributed by atoms with Crippen LogP contribution in [0.4, 0.5) is 4.39 Å². The quantitative estimate of drug-likeness (QED) is 0.348. The van der Waals surface area contributed by atoms with Gasteiger partial charge in [0.1, 0.15) is 5.82 Å². The number of aryl methyl sites for hydroxylation is 1. The lowest BCUT2D eigenvalue weighted by atomic mass is 9.98. The molecule has 1 aliphatic heterocycles. The van der Waals surface area contributed by atoms with Crippen LogP contribution < -0.4 is 10.6 Å². The van der Waals surface area contributed by atoms with Gasteiger partial charge >= 0.3 is 0 Å². The summed E-state index contributed by atoms with van der Waals surface area (Å²) in [7, 11) is -1.35. The summed E-state index contributed by atoms with van der Waals surface area (Å²) in [5, 5.41) is 6.58. The summed E-state index contributed by atoms with van der Waals surface area (Å²) < 4.78 is 37.8. The molecule has 6 nitrogen and oxygen atoms in total. The number of hydrogen-bond acceptors (Lipinski definition) is 3. The maximum absolute atomic E-state index is 13.1. The predicted molar refractivity (Wildman–Crippen MR) is 119 cm³/mol. The third kappa shape index (κ3) is 7.90. The van der Waals surface area contributed by atoms with E-state index in [0.717, 1.165) is 42.9 Å². The molecule has 1 fully saturated rings. The van der Waals surface area contributed by atoms with Crippen molar-refractivity contribution in [2.24, 2.45) is 10.9 Å². The van der Waals surface area contributed by atoms with Crippen LogP contribution in [0.5, 0.6) is 0 Å². The molecule has 0 spiro atoms. The van der Waals surface area contributed by atoms with Crippen molar-refractivity contribution in [1.29, 1.82) is 0 Å². The molecular formula is C18H30FIN4O2S. The van der Waals surface area contributed by atoms with Crippen molar-refractivity contribution < 1.29 is 12.8 Å². The zero-order chi connectivity index (χ0) is 19.2. The molecule has 2 N–H and O–H groups in total. The van der Waals surface area contributed by atoms with Gasteiger partial charge in [-0.3, -0.25) is 4.99 Å². The van der Waals surface area contributed by atoms with Gasteiger partial charge in [-0.2, -0.15) is 0 Å². The number of hydrogen-bond donors (Lipinski definition) is 2. The highest BCUT2D eigenvalue weighted by atomic mass is 127. The summed E-state index contributed by atoms with van der Waals surface area (Å²) in [6.45, 7) is 4.56. The van der Waals surface area contributed by atoms with Gasteiger partial charge in [0, 0.05) is 33.2 Å². The van der Waals surface area contributed by atoms with Gasteiger partial charge in [0.2, 0.25) is 10.0 Å². The first-order valence-electron chi connectivity index (χ1n) is 8.94. The second-order valence-corrected chi connectivity index (χ2v) is 8.79. The van der Waals surface area contributed by atoms with Crippen molar-refractivity contribution in [3.05, 3.63) is 35.1 Å². The van der Waals surface area contributed by atoms with Crippen LogP contribution in [0.2, 0.25) is 0 Å². The van der Waals surface area contributed by atoms with Gasteiger partial charge in [0.15, 0.2) is 5.96 Å². The Balaban J connectivity index is 0.00000364. The molecule has 1 aliphatic rings. The van der Waals surface area contributed by atoms with Crippen molar-refractivity contribution >= 4 is 40.0 Å². The Morgan fingerprint density at radius 2 is 1.96 bits per heavy atom. The van der Waals surface area contributed by atoms with E-state index >= 15 is 0 Å². The van der Waals surface area contributed by atoms with Crippen LogP contribution in [-0.2, 0) is 16.4 Å². The van der Waals surface area contributed by atoms with Gasteiger partial charge in [-0.15, -0.1) is 24.0 Å². The van der Waals surface area contributed by atoms with Crippen LogP contribution in [0.15, 0.2) is 23.2 Å². The maximum Gasteiger partial charge on any atom is 0.211 e. The third-order valence-corrected chi connectivity index (χ3v) is 6.12. The van der Waals surface area contributed by atoms with E-state index in [1.54, 1.807) is 17.4 Å². The van der Waals surface area contributed by atoms with Crippen molar-refractivity contribution in [3.63, 3.8) is 0 Å². The first-order chi connectivity index (χ1) is 12.3. The summed E-state index contributed by atoms with van der Waals surface area (Å²) in [5.41, 5.74) is 2.06. The largest absolute Gasteiger partial charge is 0.356 e. The van der Waals surface area contributed by atoms with Gasteiger partial charge in [-0.25, -0.2) is 17.1 Å². The van der Waals surface area contributed by atoms with Gasteiger partial charge in [0.05, 0.1) is 6.26 Å². The lowest BCUT2D eigenvalue weighted by Gasteiger charge is -2.30. The van der Waals surface area contributed by atoms with Crippen LogP contribution in [0.3, 0.4) is 0 Å². The number of aliphatic imine (C=N–C) groups is 1. The van der Waals surface area contributed by atoms with Crippen molar-refractivity contribution in [2.45, 2.75) is 26.2 Å².